The van der Waals surface area contributed by atoms with Crippen molar-refractivity contribution >= 4 is 39.1 Å². The van der Waals surface area contributed by atoms with Crippen LogP contribution in [0, 0.1) is 0 Å². The number of aryl methyl sites for hydroxylation is 2. The number of thiazole rings is 1. The molecule has 0 unspecified atom stereocenters. The predicted molar refractivity (Wildman–Crippen MR) is 119 cm³/mol. The minimum atomic E-state index is -0.956. The van der Waals surface area contributed by atoms with Crippen molar-refractivity contribution < 1.29 is 14.6 Å². The van der Waals surface area contributed by atoms with E-state index in [1.807, 2.05) is 25.3 Å². The molecule has 0 saturated carbocycles. The van der Waals surface area contributed by atoms with Crippen molar-refractivity contribution in [1.29, 1.82) is 0 Å². The van der Waals surface area contributed by atoms with Gasteiger partial charge in [0.05, 0.1) is 27.4 Å². The highest BCUT2D eigenvalue weighted by Gasteiger charge is 2.16. The fraction of sp³-hybridized carbons (Fsp3) is 0.381. The monoisotopic (exact) mass is 438 g/mol. The topological polar surface area (TPSA) is 81.4 Å². The molecule has 1 atom stereocenters. The fourth-order valence-corrected chi connectivity index (χ4v) is 3.84. The number of aromatic nitrogens is 2. The number of carbonyl (C=O) groups is 1. The van der Waals surface area contributed by atoms with Gasteiger partial charge in [-0.2, -0.15) is 0 Å². The van der Waals surface area contributed by atoms with E-state index in [2.05, 4.69) is 11.9 Å². The normalized spacial score (nSPS) is 11.4. The molecule has 8 heteroatoms. The number of carboxylic acids is 1. The summed E-state index contributed by atoms with van der Waals surface area (Å²) in [5, 5.41) is 9.21. The first-order valence-corrected chi connectivity index (χ1v) is 9.74. The highest BCUT2D eigenvalue weighted by Crippen LogP contribution is 2.34. The van der Waals surface area contributed by atoms with E-state index in [0.717, 1.165) is 29.0 Å². The van der Waals surface area contributed by atoms with E-state index in [1.54, 1.807) is 12.1 Å². The van der Waals surface area contributed by atoms with Gasteiger partial charge in [0.25, 0.3) is 0 Å². The van der Waals surface area contributed by atoms with Crippen molar-refractivity contribution in [3.05, 3.63) is 56.4 Å². The first-order chi connectivity index (χ1) is 12.9. The van der Waals surface area contributed by atoms with Crippen LogP contribution in [0.15, 0.2) is 35.3 Å². The number of ether oxygens (including phenoxy) is 1. The number of pyridine rings is 1. The van der Waals surface area contributed by atoms with Gasteiger partial charge in [0, 0.05) is 18.8 Å². The van der Waals surface area contributed by atoms with E-state index in [9.17, 15) is 9.59 Å². The zero-order chi connectivity index (χ0) is 19.6. The van der Waals surface area contributed by atoms with E-state index in [4.69, 9.17) is 21.4 Å². The molecule has 6 nitrogen and oxygen atoms in total. The van der Waals surface area contributed by atoms with Crippen LogP contribution in [0.4, 0.5) is 0 Å². The van der Waals surface area contributed by atoms with Crippen molar-refractivity contribution in [2.45, 2.75) is 54.2 Å². The van der Waals surface area contributed by atoms with E-state index in [-0.39, 0.29) is 38.8 Å². The van der Waals surface area contributed by atoms with Gasteiger partial charge in [0.15, 0.2) is 0 Å². The molecule has 3 aromatic rings. The maximum absolute atomic E-state index is 12.2. The average Bonchev–Trinajstić information content (AvgIpc) is 2.94. The molecule has 0 aliphatic heterocycles. The van der Waals surface area contributed by atoms with Gasteiger partial charge >= 0.3 is 10.8 Å². The summed E-state index contributed by atoms with van der Waals surface area (Å²) in [6, 6.07) is 7.31. The molecule has 0 bridgehead atoms. The number of halogens is 1. The van der Waals surface area contributed by atoms with Crippen LogP contribution in [0.1, 0.15) is 52.5 Å². The zero-order valence-electron chi connectivity index (χ0n) is 14.9. The van der Waals surface area contributed by atoms with Gasteiger partial charge in [-0.05, 0) is 31.0 Å². The number of hydrogen-bond donors (Lipinski definition) is 1. The van der Waals surface area contributed by atoms with Crippen molar-refractivity contribution in [3.63, 3.8) is 0 Å². The van der Waals surface area contributed by atoms with Crippen LogP contribution in [0.25, 0.3) is 10.2 Å². The highest BCUT2D eigenvalue weighted by molar-refractivity contribution is 7.16. The summed E-state index contributed by atoms with van der Waals surface area (Å²) < 4.78 is 8.10. The third-order valence-electron chi connectivity index (χ3n) is 4.25. The van der Waals surface area contributed by atoms with Gasteiger partial charge in [0.1, 0.15) is 11.9 Å². The fourth-order valence-electron chi connectivity index (χ4n) is 2.71. The summed E-state index contributed by atoms with van der Waals surface area (Å²) in [5.41, 5.74) is 2.55. The molecule has 0 radical (unpaired) electrons. The maximum Gasteiger partial charge on any atom is 0.308 e. The predicted octanol–water partition coefficient (Wildman–Crippen LogP) is 5.56. The van der Waals surface area contributed by atoms with Gasteiger partial charge < -0.3 is 9.84 Å². The molecule has 0 aliphatic carbocycles. The SMILES string of the molecule is C.C.CCc1ccc([C@@H](C)Oc2cc3sc(=O)n(CCC(=O)O)c3cc2Cl)nc1. The van der Waals surface area contributed by atoms with Crippen LogP contribution in [0.3, 0.4) is 0 Å². The van der Waals surface area contributed by atoms with E-state index in [1.165, 1.54) is 4.57 Å². The number of nitrogens with zero attached hydrogens (tertiary/aromatic N) is 2. The summed E-state index contributed by atoms with van der Waals surface area (Å²) in [6.45, 7) is 4.06. The summed E-state index contributed by atoms with van der Waals surface area (Å²) in [4.78, 5) is 27.2. The second kappa shape index (κ2) is 10.4. The molecular weight excluding hydrogens is 412 g/mol. The molecule has 0 saturated heterocycles. The number of rotatable bonds is 7. The van der Waals surface area contributed by atoms with Gasteiger partial charge in [-0.3, -0.25) is 19.1 Å². The molecule has 158 valence electrons. The zero-order valence-corrected chi connectivity index (χ0v) is 16.5. The molecule has 3 rings (SSSR count). The number of fused-ring (bicyclic) bond motifs is 1. The van der Waals surface area contributed by atoms with Crippen LogP contribution in [0.5, 0.6) is 5.75 Å². The first kappa shape index (κ1) is 24.7. The van der Waals surface area contributed by atoms with Gasteiger partial charge in [0.2, 0.25) is 0 Å². The van der Waals surface area contributed by atoms with Crippen LogP contribution in [0.2, 0.25) is 5.02 Å². The molecular formula is C21H27ClN2O4S. The Balaban J connectivity index is 0.00000210. The second-order valence-electron chi connectivity index (χ2n) is 6.12. The molecule has 1 aromatic carbocycles. The molecule has 2 heterocycles. The van der Waals surface area contributed by atoms with E-state index < -0.39 is 5.97 Å². The van der Waals surface area contributed by atoms with Gasteiger partial charge in [-0.25, -0.2) is 0 Å². The molecule has 0 aliphatic rings. The van der Waals surface area contributed by atoms with Crippen molar-refractivity contribution in [2.24, 2.45) is 0 Å². The third-order valence-corrected chi connectivity index (χ3v) is 5.48. The standard InChI is InChI=1S/C19H19ClN2O4S.2CH4/c1-3-12-4-5-14(21-10-12)11(2)26-16-9-17-15(8-13(16)20)22(19(25)27-17)7-6-18(23)24;;/h4-5,8-11H,3,6-7H2,1-2H3,(H,23,24);2*1H4/t11-;;/m1../s1. The Morgan fingerprint density at radius 3 is 2.66 bits per heavy atom. The van der Waals surface area contributed by atoms with Crippen LogP contribution >= 0.6 is 22.9 Å². The first-order valence-electron chi connectivity index (χ1n) is 8.55. The summed E-state index contributed by atoms with van der Waals surface area (Å²) in [7, 11) is 0. The number of carboxylic acid groups (broad SMARTS) is 1. The Morgan fingerprint density at radius 2 is 2.07 bits per heavy atom. The molecule has 29 heavy (non-hydrogen) atoms. The van der Waals surface area contributed by atoms with E-state index >= 15 is 0 Å². The summed E-state index contributed by atoms with van der Waals surface area (Å²) in [6.07, 6.45) is 2.31. The van der Waals surface area contributed by atoms with Crippen LogP contribution in [-0.2, 0) is 17.8 Å². The molecule has 2 aromatic heterocycles. The van der Waals surface area contributed by atoms with Crippen LogP contribution < -0.4 is 9.61 Å². The lowest BCUT2D eigenvalue weighted by Gasteiger charge is -2.16. The van der Waals surface area contributed by atoms with Gasteiger partial charge in [-0.1, -0.05) is 50.8 Å². The van der Waals surface area contributed by atoms with Crippen molar-refractivity contribution in [1.82, 2.24) is 9.55 Å². The smallest absolute Gasteiger partial charge is 0.308 e. The lowest BCUT2D eigenvalue weighted by atomic mass is 10.2. The molecule has 0 fully saturated rings. The molecule has 0 amide bonds. The van der Waals surface area contributed by atoms with Crippen LogP contribution in [-0.4, -0.2) is 20.6 Å². The minimum Gasteiger partial charge on any atom is -0.483 e. The largest absolute Gasteiger partial charge is 0.483 e. The molecule has 1 N–H and O–H groups in total. The Bertz CT molecular complexity index is 1030. The maximum atomic E-state index is 12.2. The Hall–Kier alpha value is -2.38. The summed E-state index contributed by atoms with van der Waals surface area (Å²) in [5.74, 6) is -0.493. The van der Waals surface area contributed by atoms with Crippen molar-refractivity contribution in [3.8, 4) is 5.75 Å². The average molecular weight is 439 g/mol. The Kier molecular flexibility index (Phi) is 8.85. The van der Waals surface area contributed by atoms with Gasteiger partial charge in [-0.15, -0.1) is 0 Å². The highest BCUT2D eigenvalue weighted by atomic mass is 35.5. The Morgan fingerprint density at radius 1 is 1.34 bits per heavy atom. The number of hydrogen-bond acceptors (Lipinski definition) is 5. The Labute approximate surface area is 179 Å². The molecule has 0 spiro atoms. The van der Waals surface area contributed by atoms with Crippen molar-refractivity contribution in [2.75, 3.05) is 0 Å². The number of benzene rings is 1. The second-order valence-corrected chi connectivity index (χ2v) is 7.52. The van der Waals surface area contributed by atoms with E-state index in [0.29, 0.717) is 21.0 Å². The lowest BCUT2D eigenvalue weighted by molar-refractivity contribution is -0.137. The quantitative estimate of drug-likeness (QED) is 0.522. The number of aliphatic carboxylic acids is 1. The minimum absolute atomic E-state index is 0. The lowest BCUT2D eigenvalue weighted by Crippen LogP contribution is -2.15. The summed E-state index contributed by atoms with van der Waals surface area (Å²) >= 11 is 7.40. The third kappa shape index (κ3) is 5.58.